The Kier molecular flexibility index (Phi) is 6.00. The summed E-state index contributed by atoms with van der Waals surface area (Å²) in [5.41, 5.74) is 6.10. The first-order chi connectivity index (χ1) is 14.6. The fraction of sp³-hybridized carbons (Fsp3) is 0.200. The Morgan fingerprint density at radius 1 is 0.967 bits per heavy atom. The van der Waals surface area contributed by atoms with Gasteiger partial charge in [-0.25, -0.2) is 9.37 Å². The second kappa shape index (κ2) is 8.84. The maximum atomic E-state index is 13.6. The van der Waals surface area contributed by atoms with E-state index >= 15 is 0 Å². The molecular weight excluding hydrogens is 393 g/mol. The van der Waals surface area contributed by atoms with E-state index in [1.807, 2.05) is 24.3 Å². The molecule has 30 heavy (non-hydrogen) atoms. The molecule has 2 aromatic carbocycles. The fourth-order valence-corrected chi connectivity index (χ4v) is 4.53. The summed E-state index contributed by atoms with van der Waals surface area (Å²) in [6.45, 7) is 4.30. The molecule has 0 saturated carbocycles. The van der Waals surface area contributed by atoms with Gasteiger partial charge in [0.2, 0.25) is 0 Å². The monoisotopic (exact) mass is 417 g/mol. The van der Waals surface area contributed by atoms with Crippen LogP contribution in [0.2, 0.25) is 0 Å². The number of pyridine rings is 1. The van der Waals surface area contributed by atoms with E-state index in [-0.39, 0.29) is 11.2 Å². The van der Waals surface area contributed by atoms with Gasteiger partial charge in [0.05, 0.1) is 16.8 Å². The zero-order valence-corrected chi connectivity index (χ0v) is 18.2. The Bertz CT molecular complexity index is 1130. The Morgan fingerprint density at radius 2 is 1.67 bits per heavy atom. The van der Waals surface area contributed by atoms with Gasteiger partial charge in [-0.2, -0.15) is 0 Å². The van der Waals surface area contributed by atoms with Crippen molar-refractivity contribution >= 4 is 11.8 Å². The number of nitrogens with zero attached hydrogens (tertiary/aromatic N) is 3. The fourth-order valence-electron chi connectivity index (χ4n) is 3.78. The first-order valence-corrected chi connectivity index (χ1v) is 11.3. The molecule has 1 unspecified atom stereocenters. The van der Waals surface area contributed by atoms with Gasteiger partial charge in [0.15, 0.2) is 0 Å². The minimum atomic E-state index is -0.252. The number of hydrogen-bond donors (Lipinski definition) is 0. The van der Waals surface area contributed by atoms with Crippen LogP contribution in [-0.2, 0) is 0 Å². The summed E-state index contributed by atoms with van der Waals surface area (Å²) >= 11 is 1.80. The molecular formula is C25H24FN3S. The lowest BCUT2D eigenvalue weighted by Gasteiger charge is -2.21. The second-order valence-electron chi connectivity index (χ2n) is 7.16. The van der Waals surface area contributed by atoms with Crippen LogP contribution < -0.4 is 0 Å². The van der Waals surface area contributed by atoms with Crippen LogP contribution in [0.4, 0.5) is 4.39 Å². The van der Waals surface area contributed by atoms with E-state index in [1.165, 1.54) is 17.7 Å². The van der Waals surface area contributed by atoms with Crippen LogP contribution >= 0.6 is 11.8 Å². The van der Waals surface area contributed by atoms with Crippen LogP contribution in [0, 0.1) is 12.7 Å². The van der Waals surface area contributed by atoms with Crippen LogP contribution in [-0.4, -0.2) is 20.8 Å². The standard InChI is InChI=1S/C25H24FN3S/c1-4-22(30-3)29-24(19-13-15-27-16-14-19)23(18-9-11-20(26)12-10-18)28-25(29)21-8-6-5-7-17(21)2/h5-16,22H,4H2,1-3H3. The van der Waals surface area contributed by atoms with Crippen molar-refractivity contribution in [1.29, 1.82) is 0 Å². The summed E-state index contributed by atoms with van der Waals surface area (Å²) < 4.78 is 16.0. The number of thioether (sulfide) groups is 1. The average Bonchev–Trinajstić information content (AvgIpc) is 3.16. The van der Waals surface area contributed by atoms with Gasteiger partial charge < -0.3 is 4.57 Å². The van der Waals surface area contributed by atoms with Crippen molar-refractivity contribution in [3.05, 3.63) is 84.4 Å². The van der Waals surface area contributed by atoms with E-state index in [9.17, 15) is 4.39 Å². The minimum Gasteiger partial charge on any atom is -0.311 e. The first-order valence-electron chi connectivity index (χ1n) is 10.0. The van der Waals surface area contributed by atoms with E-state index < -0.39 is 0 Å². The molecule has 4 aromatic rings. The smallest absolute Gasteiger partial charge is 0.142 e. The molecule has 5 heteroatoms. The van der Waals surface area contributed by atoms with Crippen molar-refractivity contribution in [2.24, 2.45) is 0 Å². The van der Waals surface area contributed by atoms with E-state index in [4.69, 9.17) is 4.98 Å². The van der Waals surface area contributed by atoms with Crippen LogP contribution in [0.3, 0.4) is 0 Å². The molecule has 1 atom stereocenters. The second-order valence-corrected chi connectivity index (χ2v) is 8.17. The summed E-state index contributed by atoms with van der Waals surface area (Å²) in [5.74, 6) is 0.679. The lowest BCUT2D eigenvalue weighted by atomic mass is 10.1. The molecule has 2 aromatic heterocycles. The van der Waals surface area contributed by atoms with Crippen molar-refractivity contribution in [2.45, 2.75) is 25.6 Å². The summed E-state index contributed by atoms with van der Waals surface area (Å²) in [4.78, 5) is 9.34. The highest BCUT2D eigenvalue weighted by Crippen LogP contribution is 2.42. The molecule has 2 heterocycles. The molecule has 0 aliphatic rings. The lowest BCUT2D eigenvalue weighted by Crippen LogP contribution is -2.08. The van der Waals surface area contributed by atoms with Crippen LogP contribution in [0.15, 0.2) is 73.1 Å². The number of hydrogen-bond acceptors (Lipinski definition) is 3. The summed E-state index contributed by atoms with van der Waals surface area (Å²) in [6.07, 6.45) is 6.68. The van der Waals surface area contributed by atoms with Crippen LogP contribution in [0.25, 0.3) is 33.9 Å². The number of rotatable bonds is 6. The van der Waals surface area contributed by atoms with Crippen LogP contribution in [0.5, 0.6) is 0 Å². The summed E-state index contributed by atoms with van der Waals surface area (Å²) in [7, 11) is 0. The first kappa shape index (κ1) is 20.4. The quantitative estimate of drug-likeness (QED) is 0.338. The zero-order chi connectivity index (χ0) is 21.1. The Balaban J connectivity index is 2.09. The maximum Gasteiger partial charge on any atom is 0.142 e. The highest BCUT2D eigenvalue weighted by molar-refractivity contribution is 7.98. The molecule has 0 saturated heterocycles. The van der Waals surface area contributed by atoms with Gasteiger partial charge in [-0.15, -0.1) is 11.8 Å². The molecule has 0 aliphatic carbocycles. The molecule has 3 nitrogen and oxygen atoms in total. The van der Waals surface area contributed by atoms with Crippen molar-refractivity contribution in [3.63, 3.8) is 0 Å². The molecule has 0 aliphatic heterocycles. The average molecular weight is 418 g/mol. The zero-order valence-electron chi connectivity index (χ0n) is 17.3. The number of halogens is 1. The Hall–Kier alpha value is -2.92. The molecule has 0 spiro atoms. The molecule has 152 valence electrons. The molecule has 0 fully saturated rings. The van der Waals surface area contributed by atoms with Gasteiger partial charge in [0.1, 0.15) is 11.6 Å². The van der Waals surface area contributed by atoms with Crippen molar-refractivity contribution in [3.8, 4) is 33.9 Å². The van der Waals surface area contributed by atoms with Gasteiger partial charge in [-0.3, -0.25) is 4.98 Å². The third-order valence-corrected chi connectivity index (χ3v) is 6.37. The molecule has 0 N–H and O–H groups in total. The lowest BCUT2D eigenvalue weighted by molar-refractivity contribution is 0.628. The van der Waals surface area contributed by atoms with Gasteiger partial charge in [-0.05, 0) is 61.6 Å². The van der Waals surface area contributed by atoms with E-state index in [0.717, 1.165) is 40.3 Å². The topological polar surface area (TPSA) is 30.7 Å². The van der Waals surface area contributed by atoms with Gasteiger partial charge in [-0.1, -0.05) is 31.2 Å². The molecule has 0 radical (unpaired) electrons. The van der Waals surface area contributed by atoms with Gasteiger partial charge in [0, 0.05) is 29.1 Å². The Labute approximate surface area is 181 Å². The summed E-state index contributed by atoms with van der Waals surface area (Å²) in [6, 6.07) is 18.9. The number of benzene rings is 2. The van der Waals surface area contributed by atoms with Crippen LogP contribution in [0.1, 0.15) is 24.3 Å². The SMILES string of the molecule is CCC(SC)n1c(-c2ccccc2C)nc(-c2ccc(F)cc2)c1-c1ccncc1. The molecule has 4 rings (SSSR count). The normalized spacial score (nSPS) is 12.1. The van der Waals surface area contributed by atoms with Crippen molar-refractivity contribution in [2.75, 3.05) is 6.26 Å². The molecule has 0 bridgehead atoms. The summed E-state index contributed by atoms with van der Waals surface area (Å²) in [5, 5.41) is 0.212. The highest BCUT2D eigenvalue weighted by Gasteiger charge is 2.25. The highest BCUT2D eigenvalue weighted by atomic mass is 32.2. The third kappa shape index (κ3) is 3.77. The predicted molar refractivity (Wildman–Crippen MR) is 124 cm³/mol. The number of aromatic nitrogens is 3. The number of aryl methyl sites for hydroxylation is 1. The maximum absolute atomic E-state index is 13.6. The predicted octanol–water partition coefficient (Wildman–Crippen LogP) is 7.00. The molecule has 0 amide bonds. The van der Waals surface area contributed by atoms with Crippen molar-refractivity contribution < 1.29 is 4.39 Å². The van der Waals surface area contributed by atoms with Gasteiger partial charge in [0.25, 0.3) is 0 Å². The van der Waals surface area contributed by atoms with E-state index in [0.29, 0.717) is 0 Å². The minimum absolute atomic E-state index is 0.212. The van der Waals surface area contributed by atoms with E-state index in [2.05, 4.69) is 41.8 Å². The van der Waals surface area contributed by atoms with E-state index in [1.54, 1.807) is 36.3 Å². The largest absolute Gasteiger partial charge is 0.311 e. The number of imidazole rings is 1. The third-order valence-electron chi connectivity index (χ3n) is 5.28. The van der Waals surface area contributed by atoms with Gasteiger partial charge >= 0.3 is 0 Å². The van der Waals surface area contributed by atoms with Crippen molar-refractivity contribution in [1.82, 2.24) is 14.5 Å². The Morgan fingerprint density at radius 3 is 2.30 bits per heavy atom.